The quantitative estimate of drug-likeness (QED) is 0.801. The van der Waals surface area contributed by atoms with Crippen LogP contribution >= 0.6 is 11.6 Å². The lowest BCUT2D eigenvalue weighted by molar-refractivity contribution is 0.841. The van der Waals surface area contributed by atoms with E-state index in [-0.39, 0.29) is 0 Å². The molecule has 0 aromatic carbocycles. The highest BCUT2D eigenvalue weighted by atomic mass is 35.5. The topological polar surface area (TPSA) is 37.8 Å². The number of halogens is 1. The van der Waals surface area contributed by atoms with E-state index in [1.165, 1.54) is 19.3 Å². The SMILES string of the molecule is C[C@H]1C[C@@H]1c1nc(Cl)cc(NC2CC2)n1. The number of hydrogen-bond acceptors (Lipinski definition) is 3. The first kappa shape index (κ1) is 9.40. The van der Waals surface area contributed by atoms with Gasteiger partial charge in [0.2, 0.25) is 0 Å². The third-order valence-corrected chi connectivity index (χ3v) is 3.28. The highest BCUT2D eigenvalue weighted by molar-refractivity contribution is 6.29. The van der Waals surface area contributed by atoms with Crippen molar-refractivity contribution in [1.29, 1.82) is 0 Å². The molecular weight excluding hydrogens is 210 g/mol. The maximum absolute atomic E-state index is 5.98. The maximum atomic E-state index is 5.98. The van der Waals surface area contributed by atoms with E-state index in [2.05, 4.69) is 22.2 Å². The van der Waals surface area contributed by atoms with E-state index >= 15 is 0 Å². The van der Waals surface area contributed by atoms with Crippen molar-refractivity contribution in [2.45, 2.75) is 38.1 Å². The summed E-state index contributed by atoms with van der Waals surface area (Å²) >= 11 is 5.98. The molecule has 2 aliphatic rings. The molecule has 0 amide bonds. The number of anilines is 1. The van der Waals surface area contributed by atoms with Gasteiger partial charge in [-0.25, -0.2) is 9.97 Å². The lowest BCUT2D eigenvalue weighted by Gasteiger charge is -2.06. The molecule has 1 aromatic rings. The molecule has 1 aromatic heterocycles. The van der Waals surface area contributed by atoms with Crippen LogP contribution in [0.2, 0.25) is 5.15 Å². The van der Waals surface area contributed by atoms with Crippen LogP contribution in [0.3, 0.4) is 0 Å². The molecule has 0 unspecified atom stereocenters. The number of rotatable bonds is 3. The lowest BCUT2D eigenvalue weighted by Crippen LogP contribution is -2.05. The molecule has 80 valence electrons. The Hall–Kier alpha value is -0.830. The molecule has 2 saturated carbocycles. The molecule has 0 aliphatic heterocycles. The largest absolute Gasteiger partial charge is 0.367 e. The summed E-state index contributed by atoms with van der Waals surface area (Å²) in [7, 11) is 0. The van der Waals surface area contributed by atoms with Crippen molar-refractivity contribution in [3.63, 3.8) is 0 Å². The summed E-state index contributed by atoms with van der Waals surface area (Å²) in [6.45, 7) is 2.23. The molecule has 15 heavy (non-hydrogen) atoms. The van der Waals surface area contributed by atoms with Gasteiger partial charge in [0.05, 0.1) is 0 Å². The van der Waals surface area contributed by atoms with Gasteiger partial charge in [-0.3, -0.25) is 0 Å². The van der Waals surface area contributed by atoms with Gasteiger partial charge < -0.3 is 5.32 Å². The Kier molecular flexibility index (Phi) is 2.09. The molecule has 3 rings (SSSR count). The molecule has 2 aliphatic carbocycles. The van der Waals surface area contributed by atoms with E-state index in [1.54, 1.807) is 0 Å². The molecule has 1 heterocycles. The molecule has 1 N–H and O–H groups in total. The van der Waals surface area contributed by atoms with Crippen LogP contribution in [-0.2, 0) is 0 Å². The Bertz CT molecular complexity index is 389. The van der Waals surface area contributed by atoms with Gasteiger partial charge in [0.15, 0.2) is 0 Å². The number of nitrogens with zero attached hydrogens (tertiary/aromatic N) is 2. The molecule has 0 saturated heterocycles. The van der Waals surface area contributed by atoms with Crippen LogP contribution < -0.4 is 5.32 Å². The fourth-order valence-electron chi connectivity index (χ4n) is 1.79. The van der Waals surface area contributed by atoms with E-state index in [9.17, 15) is 0 Å². The first-order valence-electron chi connectivity index (χ1n) is 5.53. The summed E-state index contributed by atoms with van der Waals surface area (Å²) in [5, 5.41) is 3.92. The number of hydrogen-bond donors (Lipinski definition) is 1. The van der Waals surface area contributed by atoms with Crippen molar-refractivity contribution in [3.05, 3.63) is 17.0 Å². The van der Waals surface area contributed by atoms with Crippen molar-refractivity contribution in [2.75, 3.05) is 5.32 Å². The Balaban J connectivity index is 1.83. The number of nitrogens with one attached hydrogen (secondary N) is 1. The zero-order valence-corrected chi connectivity index (χ0v) is 9.46. The molecule has 0 spiro atoms. The van der Waals surface area contributed by atoms with Gasteiger partial charge in [0, 0.05) is 18.0 Å². The van der Waals surface area contributed by atoms with Crippen LogP contribution in [-0.4, -0.2) is 16.0 Å². The Morgan fingerprint density at radius 2 is 2.13 bits per heavy atom. The van der Waals surface area contributed by atoms with Crippen molar-refractivity contribution in [3.8, 4) is 0 Å². The summed E-state index contributed by atoms with van der Waals surface area (Å²) in [5.74, 6) is 3.06. The first-order valence-corrected chi connectivity index (χ1v) is 5.91. The van der Waals surface area contributed by atoms with E-state index in [0.717, 1.165) is 17.6 Å². The second-order valence-electron chi connectivity index (χ2n) is 4.67. The van der Waals surface area contributed by atoms with Gasteiger partial charge in [0.25, 0.3) is 0 Å². The fraction of sp³-hybridized carbons (Fsp3) is 0.636. The summed E-state index contributed by atoms with van der Waals surface area (Å²) in [6.07, 6.45) is 3.69. The summed E-state index contributed by atoms with van der Waals surface area (Å²) < 4.78 is 0. The number of aromatic nitrogens is 2. The first-order chi connectivity index (χ1) is 7.22. The van der Waals surface area contributed by atoms with Crippen LogP contribution in [0.5, 0.6) is 0 Å². The van der Waals surface area contributed by atoms with E-state index < -0.39 is 0 Å². The smallest absolute Gasteiger partial charge is 0.135 e. The molecule has 4 heteroatoms. The zero-order valence-electron chi connectivity index (χ0n) is 8.70. The van der Waals surface area contributed by atoms with E-state index in [4.69, 9.17) is 11.6 Å². The Labute approximate surface area is 94.3 Å². The minimum atomic E-state index is 0.531. The van der Waals surface area contributed by atoms with E-state index in [0.29, 0.717) is 17.1 Å². The molecule has 0 bridgehead atoms. The third kappa shape index (κ3) is 2.07. The summed E-state index contributed by atoms with van der Waals surface area (Å²) in [6, 6.07) is 2.43. The van der Waals surface area contributed by atoms with E-state index in [1.807, 2.05) is 6.07 Å². The lowest BCUT2D eigenvalue weighted by atomic mass is 10.3. The molecular formula is C11H14ClN3. The van der Waals surface area contributed by atoms with Crippen LogP contribution in [0.15, 0.2) is 6.07 Å². The van der Waals surface area contributed by atoms with Crippen molar-refractivity contribution < 1.29 is 0 Å². The average molecular weight is 224 g/mol. The second kappa shape index (κ2) is 3.34. The van der Waals surface area contributed by atoms with Gasteiger partial charge in [0.1, 0.15) is 16.8 Å². The van der Waals surface area contributed by atoms with Crippen LogP contribution in [0.25, 0.3) is 0 Å². The van der Waals surface area contributed by atoms with Crippen molar-refractivity contribution in [2.24, 2.45) is 5.92 Å². The average Bonchev–Trinajstić information content (AvgIpc) is 3.03. The second-order valence-corrected chi connectivity index (χ2v) is 5.06. The molecule has 2 atom stereocenters. The fourth-order valence-corrected chi connectivity index (χ4v) is 1.98. The summed E-state index contributed by atoms with van der Waals surface area (Å²) in [5.41, 5.74) is 0. The molecule has 2 fully saturated rings. The Morgan fingerprint density at radius 3 is 2.73 bits per heavy atom. The molecule has 0 radical (unpaired) electrons. The van der Waals surface area contributed by atoms with Crippen molar-refractivity contribution in [1.82, 2.24) is 9.97 Å². The highest BCUT2D eigenvalue weighted by Gasteiger charge is 2.37. The predicted molar refractivity (Wildman–Crippen MR) is 60.2 cm³/mol. The van der Waals surface area contributed by atoms with Crippen LogP contribution in [0.4, 0.5) is 5.82 Å². The normalized spacial score (nSPS) is 28.9. The predicted octanol–water partition coefficient (Wildman–Crippen LogP) is 2.83. The maximum Gasteiger partial charge on any atom is 0.135 e. The zero-order chi connectivity index (χ0) is 10.4. The van der Waals surface area contributed by atoms with Gasteiger partial charge in [-0.15, -0.1) is 0 Å². The summed E-state index contributed by atoms with van der Waals surface area (Å²) in [4.78, 5) is 8.81. The van der Waals surface area contributed by atoms with Gasteiger partial charge in [-0.05, 0) is 25.2 Å². The molecule has 3 nitrogen and oxygen atoms in total. The van der Waals surface area contributed by atoms with Gasteiger partial charge in [-0.2, -0.15) is 0 Å². The highest BCUT2D eigenvalue weighted by Crippen LogP contribution is 2.45. The van der Waals surface area contributed by atoms with Gasteiger partial charge >= 0.3 is 0 Å². The third-order valence-electron chi connectivity index (χ3n) is 3.08. The minimum absolute atomic E-state index is 0.531. The monoisotopic (exact) mass is 223 g/mol. The van der Waals surface area contributed by atoms with Crippen LogP contribution in [0, 0.1) is 5.92 Å². The minimum Gasteiger partial charge on any atom is -0.367 e. The van der Waals surface area contributed by atoms with Gasteiger partial charge in [-0.1, -0.05) is 18.5 Å². The van der Waals surface area contributed by atoms with Crippen molar-refractivity contribution >= 4 is 17.4 Å². The Morgan fingerprint density at radius 1 is 1.40 bits per heavy atom. The van der Waals surface area contributed by atoms with Crippen LogP contribution in [0.1, 0.15) is 37.9 Å². The standard InChI is InChI=1S/C11H14ClN3/c1-6-4-8(6)11-14-9(12)5-10(15-11)13-7-2-3-7/h5-8H,2-4H2,1H3,(H,13,14,15)/t6-,8-/m0/s1.